The molecule has 0 aliphatic carbocycles. The van der Waals surface area contributed by atoms with E-state index in [0.717, 1.165) is 5.56 Å². The molecule has 0 radical (unpaired) electrons. The summed E-state index contributed by atoms with van der Waals surface area (Å²) in [6, 6.07) is 14.8. The van der Waals surface area contributed by atoms with E-state index in [9.17, 15) is 9.18 Å². The van der Waals surface area contributed by atoms with Gasteiger partial charge in [0.25, 0.3) is 5.91 Å². The Hall–Kier alpha value is -2.95. The second kappa shape index (κ2) is 5.81. The Labute approximate surface area is 126 Å². The number of hydrogen-bond acceptors (Lipinski definition) is 3. The van der Waals surface area contributed by atoms with E-state index in [2.05, 4.69) is 10.5 Å². The lowest BCUT2D eigenvalue weighted by atomic mass is 10.1. The summed E-state index contributed by atoms with van der Waals surface area (Å²) in [5.74, 6) is -0.286. The topological polar surface area (TPSA) is 55.1 Å². The van der Waals surface area contributed by atoms with Crippen LogP contribution in [0, 0.1) is 12.7 Å². The molecule has 0 aliphatic heterocycles. The number of rotatable bonds is 3. The molecule has 0 unspecified atom stereocenters. The van der Waals surface area contributed by atoms with Gasteiger partial charge in [-0.05, 0) is 31.2 Å². The van der Waals surface area contributed by atoms with Crippen LogP contribution in [-0.4, -0.2) is 11.1 Å². The Morgan fingerprint density at radius 1 is 1.09 bits per heavy atom. The number of nitrogens with zero attached hydrogens (tertiary/aromatic N) is 1. The highest BCUT2D eigenvalue weighted by atomic mass is 19.1. The number of aryl methyl sites for hydroxylation is 1. The SMILES string of the molecule is Cc1noc(-c2ccccc2)c1C(=O)Nc1ccc(F)cc1. The molecule has 1 N–H and O–H groups in total. The summed E-state index contributed by atoms with van der Waals surface area (Å²) in [4.78, 5) is 12.5. The van der Waals surface area contributed by atoms with Crippen molar-refractivity contribution < 1.29 is 13.7 Å². The van der Waals surface area contributed by atoms with Crippen LogP contribution in [0.2, 0.25) is 0 Å². The van der Waals surface area contributed by atoms with E-state index in [0.29, 0.717) is 22.7 Å². The minimum atomic E-state index is -0.357. The summed E-state index contributed by atoms with van der Waals surface area (Å²) in [7, 11) is 0. The fourth-order valence-corrected chi connectivity index (χ4v) is 2.15. The molecular weight excluding hydrogens is 283 g/mol. The van der Waals surface area contributed by atoms with Crippen LogP contribution in [0.3, 0.4) is 0 Å². The van der Waals surface area contributed by atoms with Crippen molar-refractivity contribution in [2.24, 2.45) is 0 Å². The van der Waals surface area contributed by atoms with E-state index < -0.39 is 0 Å². The summed E-state index contributed by atoms with van der Waals surface area (Å²) in [6.45, 7) is 1.70. The first-order valence-electron chi connectivity index (χ1n) is 6.74. The highest BCUT2D eigenvalue weighted by Gasteiger charge is 2.21. The van der Waals surface area contributed by atoms with Crippen LogP contribution in [-0.2, 0) is 0 Å². The first-order chi connectivity index (χ1) is 10.6. The van der Waals surface area contributed by atoms with Gasteiger partial charge in [-0.1, -0.05) is 35.5 Å². The van der Waals surface area contributed by atoms with E-state index in [1.54, 1.807) is 6.92 Å². The van der Waals surface area contributed by atoms with Crippen molar-refractivity contribution in [3.8, 4) is 11.3 Å². The van der Waals surface area contributed by atoms with Crippen LogP contribution in [0.1, 0.15) is 16.1 Å². The molecule has 4 nitrogen and oxygen atoms in total. The molecule has 22 heavy (non-hydrogen) atoms. The number of carbonyl (C=O) groups excluding carboxylic acids is 1. The van der Waals surface area contributed by atoms with Gasteiger partial charge < -0.3 is 9.84 Å². The molecule has 5 heteroatoms. The molecule has 0 fully saturated rings. The predicted molar refractivity (Wildman–Crippen MR) is 81.0 cm³/mol. The van der Waals surface area contributed by atoms with Crippen LogP contribution in [0.5, 0.6) is 0 Å². The molecule has 0 saturated carbocycles. The number of carbonyl (C=O) groups is 1. The molecule has 0 bridgehead atoms. The number of halogens is 1. The maximum Gasteiger partial charge on any atom is 0.261 e. The van der Waals surface area contributed by atoms with Crippen LogP contribution < -0.4 is 5.32 Å². The van der Waals surface area contributed by atoms with Crippen LogP contribution >= 0.6 is 0 Å². The van der Waals surface area contributed by atoms with E-state index in [-0.39, 0.29) is 11.7 Å². The van der Waals surface area contributed by atoms with Gasteiger partial charge in [0.1, 0.15) is 11.4 Å². The van der Waals surface area contributed by atoms with Gasteiger partial charge in [-0.3, -0.25) is 4.79 Å². The smallest absolute Gasteiger partial charge is 0.261 e. The minimum absolute atomic E-state index is 0.343. The molecule has 0 spiro atoms. The molecule has 1 heterocycles. The highest BCUT2D eigenvalue weighted by Crippen LogP contribution is 2.26. The van der Waals surface area contributed by atoms with Gasteiger partial charge in [0.2, 0.25) is 0 Å². The lowest BCUT2D eigenvalue weighted by Crippen LogP contribution is -2.13. The second-order valence-corrected chi connectivity index (χ2v) is 4.80. The minimum Gasteiger partial charge on any atom is -0.355 e. The summed E-state index contributed by atoms with van der Waals surface area (Å²) >= 11 is 0. The number of anilines is 1. The summed E-state index contributed by atoms with van der Waals surface area (Å²) in [5, 5.41) is 6.59. The third-order valence-electron chi connectivity index (χ3n) is 3.23. The number of benzene rings is 2. The number of amides is 1. The molecule has 3 aromatic rings. The zero-order valence-electron chi connectivity index (χ0n) is 11.8. The molecule has 2 aromatic carbocycles. The molecule has 3 rings (SSSR count). The van der Waals surface area contributed by atoms with E-state index in [1.807, 2.05) is 30.3 Å². The van der Waals surface area contributed by atoms with Crippen molar-refractivity contribution in [1.29, 1.82) is 0 Å². The van der Waals surface area contributed by atoms with Gasteiger partial charge in [0, 0.05) is 11.3 Å². The Morgan fingerprint density at radius 3 is 2.45 bits per heavy atom. The summed E-state index contributed by atoms with van der Waals surface area (Å²) in [6.07, 6.45) is 0. The van der Waals surface area contributed by atoms with Crippen LogP contribution in [0.25, 0.3) is 11.3 Å². The molecule has 1 amide bonds. The Bertz CT molecular complexity index is 795. The fourth-order valence-electron chi connectivity index (χ4n) is 2.15. The van der Waals surface area contributed by atoms with Crippen molar-refractivity contribution in [2.75, 3.05) is 5.32 Å². The zero-order chi connectivity index (χ0) is 15.5. The number of aromatic nitrogens is 1. The molecule has 0 saturated heterocycles. The van der Waals surface area contributed by atoms with Gasteiger partial charge >= 0.3 is 0 Å². The second-order valence-electron chi connectivity index (χ2n) is 4.80. The Kier molecular flexibility index (Phi) is 3.70. The maximum absolute atomic E-state index is 12.9. The number of nitrogens with one attached hydrogen (secondary N) is 1. The fraction of sp³-hybridized carbons (Fsp3) is 0.0588. The lowest BCUT2D eigenvalue weighted by Gasteiger charge is -2.05. The third-order valence-corrected chi connectivity index (χ3v) is 3.23. The molecule has 0 aliphatic rings. The molecule has 1 aromatic heterocycles. The average Bonchev–Trinajstić information content (AvgIpc) is 2.92. The summed E-state index contributed by atoms with van der Waals surface area (Å²) in [5.41, 5.74) is 2.15. The largest absolute Gasteiger partial charge is 0.355 e. The van der Waals surface area contributed by atoms with Gasteiger partial charge in [-0.25, -0.2) is 4.39 Å². The molecular formula is C17H13FN2O2. The van der Waals surface area contributed by atoms with Gasteiger partial charge in [-0.2, -0.15) is 0 Å². The average molecular weight is 296 g/mol. The van der Waals surface area contributed by atoms with Gasteiger partial charge in [0.05, 0.1) is 5.69 Å². The quantitative estimate of drug-likeness (QED) is 0.793. The maximum atomic E-state index is 12.9. The van der Waals surface area contributed by atoms with Crippen LogP contribution in [0.4, 0.5) is 10.1 Å². The van der Waals surface area contributed by atoms with Crippen molar-refractivity contribution >= 4 is 11.6 Å². The first kappa shape index (κ1) is 14.0. The van der Waals surface area contributed by atoms with E-state index in [1.165, 1.54) is 24.3 Å². The Balaban J connectivity index is 1.93. The lowest BCUT2D eigenvalue weighted by molar-refractivity contribution is 0.102. The monoisotopic (exact) mass is 296 g/mol. The van der Waals surface area contributed by atoms with Crippen molar-refractivity contribution in [3.63, 3.8) is 0 Å². The van der Waals surface area contributed by atoms with Crippen molar-refractivity contribution in [2.45, 2.75) is 6.92 Å². The van der Waals surface area contributed by atoms with E-state index in [4.69, 9.17) is 4.52 Å². The third kappa shape index (κ3) is 2.74. The zero-order valence-corrected chi connectivity index (χ0v) is 11.8. The Morgan fingerprint density at radius 2 is 1.77 bits per heavy atom. The normalized spacial score (nSPS) is 10.5. The number of hydrogen-bond donors (Lipinski definition) is 1. The van der Waals surface area contributed by atoms with Crippen LogP contribution in [0.15, 0.2) is 59.1 Å². The standard InChI is InChI=1S/C17H13FN2O2/c1-11-15(16(22-20-11)12-5-3-2-4-6-12)17(21)19-14-9-7-13(18)8-10-14/h2-10H,1H3,(H,19,21). The van der Waals surface area contributed by atoms with Gasteiger partial charge in [0.15, 0.2) is 5.76 Å². The van der Waals surface area contributed by atoms with Crippen molar-refractivity contribution in [3.05, 3.63) is 71.7 Å². The van der Waals surface area contributed by atoms with Gasteiger partial charge in [-0.15, -0.1) is 0 Å². The summed E-state index contributed by atoms with van der Waals surface area (Å²) < 4.78 is 18.2. The molecule has 0 atom stereocenters. The first-order valence-corrected chi connectivity index (χ1v) is 6.74. The van der Waals surface area contributed by atoms with E-state index >= 15 is 0 Å². The molecule has 110 valence electrons. The highest BCUT2D eigenvalue weighted by molar-refractivity contribution is 6.08. The van der Waals surface area contributed by atoms with Crippen molar-refractivity contribution in [1.82, 2.24) is 5.16 Å². The predicted octanol–water partition coefficient (Wildman–Crippen LogP) is 4.04.